The molecule has 0 atom stereocenters. The molecule has 1 aromatic heterocycles. The Balaban J connectivity index is 2.49. The van der Waals surface area contributed by atoms with Crippen LogP contribution in [-0.2, 0) is 0 Å². The number of nitrogen functional groups attached to an aromatic ring is 1. The lowest BCUT2D eigenvalue weighted by molar-refractivity contribution is 0.568. The van der Waals surface area contributed by atoms with Crippen LogP contribution in [0.1, 0.15) is 5.56 Å². The fourth-order valence-corrected chi connectivity index (χ4v) is 1.27. The van der Waals surface area contributed by atoms with Gasteiger partial charge in [-0.15, -0.1) is 0 Å². The van der Waals surface area contributed by atoms with Gasteiger partial charge >= 0.3 is 0 Å². The van der Waals surface area contributed by atoms with E-state index in [0.29, 0.717) is 11.3 Å². The van der Waals surface area contributed by atoms with Crippen LogP contribution >= 0.6 is 0 Å². The lowest BCUT2D eigenvalue weighted by Gasteiger charge is -2.00. The average molecular weight is 184 g/mol. The minimum absolute atomic E-state index is 0.492. The molecule has 0 aliphatic heterocycles. The number of hydrogen-bond acceptors (Lipinski definition) is 3. The van der Waals surface area contributed by atoms with Crippen LogP contribution in [-0.4, -0.2) is 0 Å². The van der Waals surface area contributed by atoms with E-state index in [0.717, 1.165) is 11.1 Å². The first kappa shape index (κ1) is 8.39. The second-order valence-electron chi connectivity index (χ2n) is 2.93. The van der Waals surface area contributed by atoms with Crippen molar-refractivity contribution in [2.24, 2.45) is 0 Å². The second kappa shape index (κ2) is 3.27. The molecule has 0 bridgehead atoms. The number of benzene rings is 1. The predicted octanol–water partition coefficient (Wildman–Crippen LogP) is 2.40. The summed E-state index contributed by atoms with van der Waals surface area (Å²) in [5.74, 6) is 0. The van der Waals surface area contributed by atoms with E-state index in [9.17, 15) is 0 Å². The van der Waals surface area contributed by atoms with Gasteiger partial charge in [-0.05, 0) is 23.8 Å². The van der Waals surface area contributed by atoms with Gasteiger partial charge in [0.1, 0.15) is 6.07 Å². The number of nitriles is 1. The van der Waals surface area contributed by atoms with E-state index in [1.54, 1.807) is 24.7 Å². The fourth-order valence-electron chi connectivity index (χ4n) is 1.27. The first-order chi connectivity index (χ1) is 6.81. The van der Waals surface area contributed by atoms with E-state index in [1.165, 1.54) is 0 Å². The number of furan rings is 1. The van der Waals surface area contributed by atoms with E-state index in [1.807, 2.05) is 18.2 Å². The van der Waals surface area contributed by atoms with Crippen molar-refractivity contribution in [2.45, 2.75) is 0 Å². The maximum Gasteiger partial charge on any atom is 0.101 e. The molecule has 68 valence electrons. The molecular formula is C11H8N2O. The number of anilines is 1. The van der Waals surface area contributed by atoms with Crippen LogP contribution in [0.4, 0.5) is 5.69 Å². The molecule has 2 rings (SSSR count). The first-order valence-corrected chi connectivity index (χ1v) is 4.13. The summed E-state index contributed by atoms with van der Waals surface area (Å²) < 4.78 is 4.96. The zero-order valence-corrected chi connectivity index (χ0v) is 7.40. The smallest absolute Gasteiger partial charge is 0.101 e. The third kappa shape index (κ3) is 1.34. The highest BCUT2D eigenvalue weighted by Crippen LogP contribution is 2.23. The predicted molar refractivity (Wildman–Crippen MR) is 53.3 cm³/mol. The second-order valence-corrected chi connectivity index (χ2v) is 2.93. The molecule has 0 aliphatic carbocycles. The molecule has 3 heteroatoms. The van der Waals surface area contributed by atoms with Crippen LogP contribution < -0.4 is 5.73 Å². The summed E-state index contributed by atoms with van der Waals surface area (Å²) in [5, 5.41) is 8.69. The SMILES string of the molecule is N#Cc1ccc(-c2ccoc2)cc1N. The largest absolute Gasteiger partial charge is 0.472 e. The van der Waals surface area contributed by atoms with Gasteiger partial charge in [-0.25, -0.2) is 0 Å². The Kier molecular flexibility index (Phi) is 1.96. The number of nitrogens with zero attached hydrogens (tertiary/aromatic N) is 1. The van der Waals surface area contributed by atoms with Gasteiger partial charge in [0.15, 0.2) is 0 Å². The third-order valence-corrected chi connectivity index (χ3v) is 2.03. The third-order valence-electron chi connectivity index (χ3n) is 2.03. The van der Waals surface area contributed by atoms with Gasteiger partial charge in [0, 0.05) is 5.56 Å². The quantitative estimate of drug-likeness (QED) is 0.692. The van der Waals surface area contributed by atoms with E-state index >= 15 is 0 Å². The van der Waals surface area contributed by atoms with Crippen molar-refractivity contribution in [3.63, 3.8) is 0 Å². The van der Waals surface area contributed by atoms with Crippen LogP contribution in [0.15, 0.2) is 41.2 Å². The monoisotopic (exact) mass is 184 g/mol. The van der Waals surface area contributed by atoms with Gasteiger partial charge in [-0.2, -0.15) is 5.26 Å². The van der Waals surface area contributed by atoms with Crippen molar-refractivity contribution >= 4 is 5.69 Å². The maximum absolute atomic E-state index is 8.69. The normalized spacial score (nSPS) is 9.64. The van der Waals surface area contributed by atoms with Crippen LogP contribution in [0.2, 0.25) is 0 Å². The summed E-state index contributed by atoms with van der Waals surface area (Å²) in [6.07, 6.45) is 3.24. The molecule has 2 N–H and O–H groups in total. The van der Waals surface area contributed by atoms with Gasteiger partial charge in [-0.3, -0.25) is 0 Å². The number of rotatable bonds is 1. The Hall–Kier alpha value is -2.21. The molecule has 0 aliphatic rings. The summed E-state index contributed by atoms with van der Waals surface area (Å²) in [4.78, 5) is 0. The minimum atomic E-state index is 0.492. The van der Waals surface area contributed by atoms with E-state index in [4.69, 9.17) is 15.4 Å². The summed E-state index contributed by atoms with van der Waals surface area (Å²) in [5.41, 5.74) is 8.59. The fraction of sp³-hybridized carbons (Fsp3) is 0. The molecule has 0 radical (unpaired) electrons. The van der Waals surface area contributed by atoms with Crippen LogP contribution in [0.25, 0.3) is 11.1 Å². The Bertz CT molecular complexity index is 480. The zero-order valence-electron chi connectivity index (χ0n) is 7.40. The van der Waals surface area contributed by atoms with Crippen molar-refractivity contribution in [3.8, 4) is 17.2 Å². The Labute approximate surface area is 81.4 Å². The van der Waals surface area contributed by atoms with Crippen molar-refractivity contribution in [2.75, 3.05) is 5.73 Å². The van der Waals surface area contributed by atoms with Crippen LogP contribution in [0.3, 0.4) is 0 Å². The molecule has 1 heterocycles. The standard InChI is InChI=1S/C11H8N2O/c12-6-9-2-1-8(5-11(9)13)10-3-4-14-7-10/h1-5,7H,13H2. The van der Waals surface area contributed by atoms with Gasteiger partial charge < -0.3 is 10.2 Å². The van der Waals surface area contributed by atoms with Crippen molar-refractivity contribution in [1.82, 2.24) is 0 Å². The van der Waals surface area contributed by atoms with Gasteiger partial charge in [-0.1, -0.05) is 6.07 Å². The highest BCUT2D eigenvalue weighted by atomic mass is 16.3. The lowest BCUT2D eigenvalue weighted by Crippen LogP contribution is -1.90. The molecule has 3 nitrogen and oxygen atoms in total. The van der Waals surface area contributed by atoms with Gasteiger partial charge in [0.2, 0.25) is 0 Å². The molecule has 14 heavy (non-hydrogen) atoms. The number of nitrogens with two attached hydrogens (primary N) is 1. The summed E-state index contributed by atoms with van der Waals surface area (Å²) >= 11 is 0. The summed E-state index contributed by atoms with van der Waals surface area (Å²) in [6, 6.07) is 9.19. The van der Waals surface area contributed by atoms with Crippen LogP contribution in [0.5, 0.6) is 0 Å². The highest BCUT2D eigenvalue weighted by Gasteiger charge is 2.02. The minimum Gasteiger partial charge on any atom is -0.472 e. The molecule has 0 spiro atoms. The van der Waals surface area contributed by atoms with E-state index in [2.05, 4.69) is 0 Å². The molecule has 0 fully saturated rings. The molecule has 1 aromatic carbocycles. The Morgan fingerprint density at radius 2 is 2.07 bits per heavy atom. The van der Waals surface area contributed by atoms with Crippen molar-refractivity contribution in [3.05, 3.63) is 42.4 Å². The molecule has 0 saturated carbocycles. The van der Waals surface area contributed by atoms with Crippen molar-refractivity contribution in [1.29, 1.82) is 5.26 Å². The molecule has 0 saturated heterocycles. The maximum atomic E-state index is 8.69. The number of hydrogen-bond donors (Lipinski definition) is 1. The Morgan fingerprint density at radius 3 is 2.64 bits per heavy atom. The molecule has 0 amide bonds. The first-order valence-electron chi connectivity index (χ1n) is 4.13. The van der Waals surface area contributed by atoms with Gasteiger partial charge in [0.05, 0.1) is 23.8 Å². The molecular weight excluding hydrogens is 176 g/mol. The van der Waals surface area contributed by atoms with E-state index in [-0.39, 0.29) is 0 Å². The molecule has 2 aromatic rings. The van der Waals surface area contributed by atoms with E-state index < -0.39 is 0 Å². The summed E-state index contributed by atoms with van der Waals surface area (Å²) in [6.45, 7) is 0. The average Bonchev–Trinajstić information content (AvgIpc) is 2.70. The van der Waals surface area contributed by atoms with Crippen molar-refractivity contribution < 1.29 is 4.42 Å². The lowest BCUT2D eigenvalue weighted by atomic mass is 10.1. The van der Waals surface area contributed by atoms with Crippen LogP contribution in [0, 0.1) is 11.3 Å². The van der Waals surface area contributed by atoms with Gasteiger partial charge in [0.25, 0.3) is 0 Å². The topological polar surface area (TPSA) is 63.0 Å². The Morgan fingerprint density at radius 1 is 1.21 bits per heavy atom. The molecule has 0 unspecified atom stereocenters. The zero-order chi connectivity index (χ0) is 9.97. The summed E-state index contributed by atoms with van der Waals surface area (Å²) in [7, 11) is 0. The highest BCUT2D eigenvalue weighted by molar-refractivity contribution is 5.69.